The summed E-state index contributed by atoms with van der Waals surface area (Å²) in [5.41, 5.74) is -0.554. The first-order chi connectivity index (χ1) is 14.8. The number of carbonyl (C=O) groups is 1. The van der Waals surface area contributed by atoms with Gasteiger partial charge in [-0.25, -0.2) is 0 Å². The normalized spacial score (nSPS) is 14.0. The topological polar surface area (TPSA) is 83.8 Å². The summed E-state index contributed by atoms with van der Waals surface area (Å²) in [5.74, 6) is -0.343. The number of nitrogens with one attached hydrogen (secondary N) is 1. The van der Waals surface area contributed by atoms with Crippen molar-refractivity contribution in [1.82, 2.24) is 0 Å². The number of hydrogen-bond donors (Lipinski definition) is 1. The molecule has 0 atom stereocenters. The van der Waals surface area contributed by atoms with Gasteiger partial charge in [-0.2, -0.15) is 18.4 Å². The maximum Gasteiger partial charge on any atom is 0.418 e. The molecule has 31 heavy (non-hydrogen) atoms. The Morgan fingerprint density at radius 1 is 1.19 bits per heavy atom. The van der Waals surface area contributed by atoms with Crippen LogP contribution in [0.15, 0.2) is 36.4 Å². The van der Waals surface area contributed by atoms with Crippen molar-refractivity contribution in [2.75, 3.05) is 50.2 Å². The zero-order valence-electron chi connectivity index (χ0n) is 16.7. The number of amides is 1. The molecular weight excluding hydrogens is 415 g/mol. The van der Waals surface area contributed by atoms with Crippen LogP contribution in [0.1, 0.15) is 11.1 Å². The van der Waals surface area contributed by atoms with Crippen LogP contribution in [-0.4, -0.2) is 45.9 Å². The molecule has 2 aromatic rings. The first kappa shape index (κ1) is 22.2. The molecule has 2 aromatic carbocycles. The van der Waals surface area contributed by atoms with E-state index in [9.17, 15) is 18.0 Å². The van der Waals surface area contributed by atoms with E-state index in [2.05, 4.69) is 5.32 Å². The molecule has 0 aromatic heterocycles. The SMILES string of the molecule is COc1cc(C#N)ccc1OCC(=O)Nc1ccc(N2CCOCC2)cc1C(F)(F)F. The van der Waals surface area contributed by atoms with Crippen molar-refractivity contribution in [2.24, 2.45) is 0 Å². The minimum Gasteiger partial charge on any atom is -0.493 e. The van der Waals surface area contributed by atoms with Crippen LogP contribution in [0.2, 0.25) is 0 Å². The van der Waals surface area contributed by atoms with Crippen molar-refractivity contribution in [2.45, 2.75) is 6.18 Å². The van der Waals surface area contributed by atoms with Gasteiger partial charge in [-0.15, -0.1) is 0 Å². The average molecular weight is 435 g/mol. The molecule has 1 aliphatic rings. The number of methoxy groups -OCH3 is 1. The Kier molecular flexibility index (Phi) is 6.87. The van der Waals surface area contributed by atoms with E-state index in [0.29, 0.717) is 37.6 Å². The molecule has 0 radical (unpaired) electrons. The summed E-state index contributed by atoms with van der Waals surface area (Å²) in [6.07, 6.45) is -4.65. The number of halogens is 3. The van der Waals surface area contributed by atoms with Crippen LogP contribution in [0.25, 0.3) is 0 Å². The molecule has 164 valence electrons. The zero-order chi connectivity index (χ0) is 22.4. The second kappa shape index (κ2) is 9.57. The van der Waals surface area contributed by atoms with Crippen LogP contribution in [0.4, 0.5) is 24.5 Å². The lowest BCUT2D eigenvalue weighted by atomic mass is 10.1. The summed E-state index contributed by atoms with van der Waals surface area (Å²) in [5, 5.41) is 11.2. The third-order valence-electron chi connectivity index (χ3n) is 4.61. The Morgan fingerprint density at radius 2 is 1.94 bits per heavy atom. The van der Waals surface area contributed by atoms with E-state index in [4.69, 9.17) is 19.5 Å². The van der Waals surface area contributed by atoms with Gasteiger partial charge in [-0.05, 0) is 30.3 Å². The Labute approximate surface area is 176 Å². The predicted octanol–water partition coefficient (Wildman–Crippen LogP) is 3.44. The summed E-state index contributed by atoms with van der Waals surface area (Å²) in [6.45, 7) is 1.32. The quantitative estimate of drug-likeness (QED) is 0.749. The van der Waals surface area contributed by atoms with Crippen molar-refractivity contribution in [3.05, 3.63) is 47.5 Å². The number of morpholine rings is 1. The summed E-state index contributed by atoms with van der Waals surface area (Å²) >= 11 is 0. The first-order valence-corrected chi connectivity index (χ1v) is 9.36. The number of alkyl halides is 3. The van der Waals surface area contributed by atoms with Crippen LogP contribution in [-0.2, 0) is 15.7 Å². The molecule has 0 spiro atoms. The highest BCUT2D eigenvalue weighted by Crippen LogP contribution is 2.37. The fraction of sp³-hybridized carbons (Fsp3) is 0.333. The van der Waals surface area contributed by atoms with Gasteiger partial charge >= 0.3 is 6.18 Å². The average Bonchev–Trinajstić information content (AvgIpc) is 2.77. The van der Waals surface area contributed by atoms with Crippen LogP contribution in [0, 0.1) is 11.3 Å². The van der Waals surface area contributed by atoms with Crippen LogP contribution < -0.4 is 19.7 Å². The molecule has 0 unspecified atom stereocenters. The minimum atomic E-state index is -4.65. The minimum absolute atomic E-state index is 0.190. The Bertz CT molecular complexity index is 983. The Hall–Kier alpha value is -3.45. The number of rotatable bonds is 6. The molecular formula is C21H20F3N3O4. The van der Waals surface area contributed by atoms with Crippen LogP contribution in [0.3, 0.4) is 0 Å². The van der Waals surface area contributed by atoms with Gasteiger partial charge in [-0.1, -0.05) is 0 Å². The van der Waals surface area contributed by atoms with Gasteiger partial charge in [0, 0.05) is 24.8 Å². The molecule has 1 heterocycles. The van der Waals surface area contributed by atoms with Gasteiger partial charge < -0.3 is 24.4 Å². The molecule has 1 aliphatic heterocycles. The summed E-state index contributed by atoms with van der Waals surface area (Å²) in [7, 11) is 1.37. The van der Waals surface area contributed by atoms with Gasteiger partial charge in [0.2, 0.25) is 0 Å². The first-order valence-electron chi connectivity index (χ1n) is 9.36. The van der Waals surface area contributed by atoms with E-state index in [1.165, 1.54) is 37.4 Å². The van der Waals surface area contributed by atoms with Crippen molar-refractivity contribution < 1.29 is 32.2 Å². The number of nitriles is 1. The van der Waals surface area contributed by atoms with Gasteiger partial charge in [0.05, 0.1) is 43.2 Å². The third-order valence-corrected chi connectivity index (χ3v) is 4.61. The van der Waals surface area contributed by atoms with Crippen molar-refractivity contribution >= 4 is 17.3 Å². The third kappa shape index (κ3) is 5.58. The number of carbonyl (C=O) groups excluding carboxylic acids is 1. The number of nitrogens with zero attached hydrogens (tertiary/aromatic N) is 2. The molecule has 0 bridgehead atoms. The fourth-order valence-corrected chi connectivity index (χ4v) is 3.08. The van der Waals surface area contributed by atoms with Crippen LogP contribution in [0.5, 0.6) is 11.5 Å². The largest absolute Gasteiger partial charge is 0.493 e. The van der Waals surface area contributed by atoms with Crippen molar-refractivity contribution in [3.8, 4) is 17.6 Å². The molecule has 10 heteroatoms. The highest BCUT2D eigenvalue weighted by Gasteiger charge is 2.35. The standard InChI is InChI=1S/C21H20F3N3O4/c1-29-19-10-14(12-25)2-5-18(19)31-13-20(28)26-17-4-3-15(11-16(17)21(22,23)24)27-6-8-30-9-7-27/h2-5,10-11H,6-9,13H2,1H3,(H,26,28). The predicted molar refractivity (Wildman–Crippen MR) is 106 cm³/mol. The second-order valence-corrected chi connectivity index (χ2v) is 6.64. The summed E-state index contributed by atoms with van der Waals surface area (Å²) in [4.78, 5) is 14.0. The van der Waals surface area contributed by atoms with E-state index >= 15 is 0 Å². The monoisotopic (exact) mass is 435 g/mol. The highest BCUT2D eigenvalue weighted by atomic mass is 19.4. The molecule has 0 aliphatic carbocycles. The van der Waals surface area contributed by atoms with E-state index in [0.717, 1.165) is 6.07 Å². The van der Waals surface area contributed by atoms with Crippen molar-refractivity contribution in [3.63, 3.8) is 0 Å². The van der Waals surface area contributed by atoms with Crippen LogP contribution >= 0.6 is 0 Å². The molecule has 3 rings (SSSR count). The molecule has 1 saturated heterocycles. The van der Waals surface area contributed by atoms with Gasteiger partial charge in [0.1, 0.15) is 0 Å². The molecule has 0 saturated carbocycles. The summed E-state index contributed by atoms with van der Waals surface area (Å²) < 4.78 is 56.5. The van der Waals surface area contributed by atoms with Gasteiger partial charge in [-0.3, -0.25) is 4.79 Å². The van der Waals surface area contributed by atoms with Gasteiger partial charge in [0.25, 0.3) is 5.91 Å². The molecule has 7 nitrogen and oxygen atoms in total. The number of benzene rings is 2. The molecule has 1 N–H and O–H groups in total. The lowest BCUT2D eigenvalue weighted by molar-refractivity contribution is -0.137. The fourth-order valence-electron chi connectivity index (χ4n) is 3.08. The number of ether oxygens (including phenoxy) is 3. The van der Waals surface area contributed by atoms with E-state index in [1.54, 1.807) is 4.90 Å². The Balaban J connectivity index is 1.72. The lowest BCUT2D eigenvalue weighted by Gasteiger charge is -2.29. The van der Waals surface area contributed by atoms with E-state index in [1.807, 2.05) is 6.07 Å². The highest BCUT2D eigenvalue weighted by molar-refractivity contribution is 5.93. The van der Waals surface area contributed by atoms with E-state index < -0.39 is 24.3 Å². The number of anilines is 2. The zero-order valence-corrected chi connectivity index (χ0v) is 16.7. The summed E-state index contributed by atoms with van der Waals surface area (Å²) in [6, 6.07) is 10.1. The van der Waals surface area contributed by atoms with Gasteiger partial charge in [0.15, 0.2) is 18.1 Å². The van der Waals surface area contributed by atoms with Crippen molar-refractivity contribution in [1.29, 1.82) is 5.26 Å². The Morgan fingerprint density at radius 3 is 2.58 bits per heavy atom. The molecule has 1 amide bonds. The molecule has 1 fully saturated rings. The maximum absolute atomic E-state index is 13.6. The second-order valence-electron chi connectivity index (χ2n) is 6.64. The number of hydrogen-bond acceptors (Lipinski definition) is 6. The lowest BCUT2D eigenvalue weighted by Crippen LogP contribution is -2.36. The van der Waals surface area contributed by atoms with E-state index in [-0.39, 0.29) is 17.2 Å². The maximum atomic E-state index is 13.6. The smallest absolute Gasteiger partial charge is 0.418 e.